The van der Waals surface area contributed by atoms with E-state index in [1.165, 1.54) is 0 Å². The Labute approximate surface area is 151 Å². The van der Waals surface area contributed by atoms with Crippen molar-refractivity contribution in [1.29, 1.82) is 0 Å². The number of hydrogen-bond acceptors (Lipinski definition) is 7. The molecule has 1 aliphatic rings. The molecular weight excluding hydrogens is 354 g/mol. The van der Waals surface area contributed by atoms with Gasteiger partial charge in [-0.05, 0) is 11.4 Å². The fourth-order valence-electron chi connectivity index (χ4n) is 2.56. The standard InChI is InChI=1S/C17H11N5OS2/c1-2-5-11(6-3-1)12-9-14(23-21-12)13-10-25-17-19-18-16(22(17)20-13)15-7-4-8-24-15/h1-9H,10H2. The maximum absolute atomic E-state index is 5.54. The Hall–Kier alpha value is -2.71. The van der Waals surface area contributed by atoms with E-state index >= 15 is 0 Å². The van der Waals surface area contributed by atoms with E-state index in [1.54, 1.807) is 27.8 Å². The first kappa shape index (κ1) is 14.6. The van der Waals surface area contributed by atoms with E-state index in [4.69, 9.17) is 9.62 Å². The summed E-state index contributed by atoms with van der Waals surface area (Å²) < 4.78 is 7.31. The molecule has 122 valence electrons. The van der Waals surface area contributed by atoms with Gasteiger partial charge in [0.2, 0.25) is 5.16 Å². The van der Waals surface area contributed by atoms with E-state index in [2.05, 4.69) is 15.4 Å². The Bertz CT molecular complexity index is 1050. The van der Waals surface area contributed by atoms with Crippen molar-refractivity contribution in [2.24, 2.45) is 5.10 Å². The SMILES string of the molecule is c1ccc(-c2cc(C3=Nn4c(nnc4-c4cccs4)SC3)on2)cc1. The van der Waals surface area contributed by atoms with Crippen LogP contribution < -0.4 is 0 Å². The molecule has 0 N–H and O–H groups in total. The molecule has 0 atom stereocenters. The van der Waals surface area contributed by atoms with Gasteiger partial charge < -0.3 is 4.52 Å². The highest BCUT2D eigenvalue weighted by atomic mass is 32.2. The molecule has 1 aromatic carbocycles. The third-order valence-electron chi connectivity index (χ3n) is 3.78. The molecule has 0 spiro atoms. The summed E-state index contributed by atoms with van der Waals surface area (Å²) in [6.45, 7) is 0. The van der Waals surface area contributed by atoms with Gasteiger partial charge in [-0.25, -0.2) is 0 Å². The minimum absolute atomic E-state index is 0.669. The quantitative estimate of drug-likeness (QED) is 0.548. The zero-order valence-corrected chi connectivity index (χ0v) is 14.5. The fourth-order valence-corrected chi connectivity index (χ4v) is 4.07. The lowest BCUT2D eigenvalue weighted by Gasteiger charge is -2.10. The molecule has 0 aliphatic carbocycles. The first-order valence-electron chi connectivity index (χ1n) is 7.61. The molecule has 0 unspecified atom stereocenters. The molecule has 4 aromatic rings. The number of thioether (sulfide) groups is 1. The number of aromatic nitrogens is 4. The third-order valence-corrected chi connectivity index (χ3v) is 5.57. The maximum Gasteiger partial charge on any atom is 0.212 e. The second-order valence-corrected chi connectivity index (χ2v) is 7.26. The number of fused-ring (bicyclic) bond motifs is 1. The number of benzene rings is 1. The van der Waals surface area contributed by atoms with Crippen LogP contribution in [-0.2, 0) is 0 Å². The predicted octanol–water partition coefficient (Wildman–Crippen LogP) is 4.02. The monoisotopic (exact) mass is 365 g/mol. The van der Waals surface area contributed by atoms with Crippen molar-refractivity contribution in [3.05, 3.63) is 59.7 Å². The van der Waals surface area contributed by atoms with E-state index in [-0.39, 0.29) is 0 Å². The lowest BCUT2D eigenvalue weighted by Crippen LogP contribution is -2.13. The minimum Gasteiger partial charge on any atom is -0.354 e. The van der Waals surface area contributed by atoms with Crippen LogP contribution in [0.15, 0.2) is 68.7 Å². The van der Waals surface area contributed by atoms with Crippen molar-refractivity contribution in [2.45, 2.75) is 5.16 Å². The summed E-state index contributed by atoms with van der Waals surface area (Å²) in [5, 5.41) is 20.2. The second kappa shape index (κ2) is 5.98. The van der Waals surface area contributed by atoms with E-state index in [0.717, 1.165) is 32.8 Å². The number of thiophene rings is 1. The third kappa shape index (κ3) is 2.59. The summed E-state index contributed by atoms with van der Waals surface area (Å²) in [5.41, 5.74) is 2.65. The van der Waals surface area contributed by atoms with Crippen LogP contribution >= 0.6 is 23.1 Å². The lowest BCUT2D eigenvalue weighted by atomic mass is 10.1. The summed E-state index contributed by atoms with van der Waals surface area (Å²) in [5.74, 6) is 2.09. The van der Waals surface area contributed by atoms with E-state index < -0.39 is 0 Å². The molecule has 25 heavy (non-hydrogen) atoms. The summed E-state index contributed by atoms with van der Waals surface area (Å²) in [4.78, 5) is 1.03. The van der Waals surface area contributed by atoms with Crippen LogP contribution in [0.5, 0.6) is 0 Å². The minimum atomic E-state index is 0.669. The molecule has 0 saturated carbocycles. The zero-order valence-electron chi connectivity index (χ0n) is 12.9. The highest BCUT2D eigenvalue weighted by molar-refractivity contribution is 7.99. The fraction of sp³-hybridized carbons (Fsp3) is 0.0588. The number of hydrogen-bond donors (Lipinski definition) is 0. The molecule has 3 aromatic heterocycles. The summed E-state index contributed by atoms with van der Waals surface area (Å²) >= 11 is 3.20. The van der Waals surface area contributed by atoms with Gasteiger partial charge in [0.05, 0.1) is 4.88 Å². The molecule has 4 heterocycles. The van der Waals surface area contributed by atoms with Crippen molar-refractivity contribution in [3.63, 3.8) is 0 Å². The van der Waals surface area contributed by atoms with Crippen molar-refractivity contribution >= 4 is 28.8 Å². The van der Waals surface area contributed by atoms with Gasteiger partial charge in [0, 0.05) is 17.4 Å². The van der Waals surface area contributed by atoms with Gasteiger partial charge >= 0.3 is 0 Å². The van der Waals surface area contributed by atoms with Gasteiger partial charge in [-0.1, -0.05) is 53.3 Å². The Morgan fingerprint density at radius 2 is 1.96 bits per heavy atom. The predicted molar refractivity (Wildman–Crippen MR) is 97.9 cm³/mol. The van der Waals surface area contributed by atoms with E-state index in [1.807, 2.05) is 53.9 Å². The first-order chi connectivity index (χ1) is 12.4. The maximum atomic E-state index is 5.54. The largest absolute Gasteiger partial charge is 0.354 e. The molecule has 5 rings (SSSR count). The molecule has 1 aliphatic heterocycles. The Morgan fingerprint density at radius 1 is 1.04 bits per heavy atom. The summed E-state index contributed by atoms with van der Waals surface area (Å²) in [7, 11) is 0. The highest BCUT2D eigenvalue weighted by Crippen LogP contribution is 2.31. The lowest BCUT2D eigenvalue weighted by molar-refractivity contribution is 0.415. The molecule has 0 fully saturated rings. The molecule has 0 radical (unpaired) electrons. The van der Waals surface area contributed by atoms with Gasteiger partial charge in [0.1, 0.15) is 11.4 Å². The van der Waals surface area contributed by atoms with Crippen LogP contribution in [0.1, 0.15) is 5.76 Å². The normalized spacial score (nSPS) is 13.5. The van der Waals surface area contributed by atoms with Crippen LogP contribution in [-0.4, -0.2) is 31.5 Å². The highest BCUT2D eigenvalue weighted by Gasteiger charge is 2.23. The molecule has 6 nitrogen and oxygen atoms in total. The Balaban J connectivity index is 1.53. The van der Waals surface area contributed by atoms with Gasteiger partial charge in [-0.2, -0.15) is 9.78 Å². The van der Waals surface area contributed by atoms with Crippen LogP contribution in [0.25, 0.3) is 22.0 Å². The molecular formula is C17H11N5OS2. The van der Waals surface area contributed by atoms with Gasteiger partial charge in [-0.3, -0.25) is 0 Å². The Morgan fingerprint density at radius 3 is 2.80 bits per heavy atom. The van der Waals surface area contributed by atoms with E-state index in [9.17, 15) is 0 Å². The topological polar surface area (TPSA) is 69.1 Å². The summed E-state index contributed by atoms with van der Waals surface area (Å²) in [6.07, 6.45) is 0. The molecule has 0 bridgehead atoms. The number of nitrogens with zero attached hydrogens (tertiary/aromatic N) is 5. The smallest absolute Gasteiger partial charge is 0.212 e. The average Bonchev–Trinajstić information content (AvgIpc) is 3.41. The van der Waals surface area contributed by atoms with Crippen LogP contribution in [0.4, 0.5) is 0 Å². The van der Waals surface area contributed by atoms with Crippen molar-refractivity contribution in [1.82, 2.24) is 20.0 Å². The molecule has 0 amide bonds. The van der Waals surface area contributed by atoms with Gasteiger partial charge in [-0.15, -0.1) is 21.5 Å². The first-order valence-corrected chi connectivity index (χ1v) is 9.47. The molecule has 0 saturated heterocycles. The number of rotatable bonds is 3. The second-order valence-electron chi connectivity index (χ2n) is 5.37. The van der Waals surface area contributed by atoms with E-state index in [0.29, 0.717) is 11.5 Å². The zero-order chi connectivity index (χ0) is 16.6. The average molecular weight is 365 g/mol. The van der Waals surface area contributed by atoms with Gasteiger partial charge in [0.15, 0.2) is 11.6 Å². The summed E-state index contributed by atoms with van der Waals surface area (Å²) in [6, 6.07) is 15.9. The molecule has 8 heteroatoms. The van der Waals surface area contributed by atoms with Crippen molar-refractivity contribution in [2.75, 3.05) is 5.75 Å². The Kier molecular flexibility index (Phi) is 3.50. The van der Waals surface area contributed by atoms with Gasteiger partial charge in [0.25, 0.3) is 0 Å². The van der Waals surface area contributed by atoms with Crippen molar-refractivity contribution < 1.29 is 4.52 Å². The van der Waals surface area contributed by atoms with Crippen LogP contribution in [0.3, 0.4) is 0 Å². The van der Waals surface area contributed by atoms with Crippen LogP contribution in [0, 0.1) is 0 Å². The van der Waals surface area contributed by atoms with Crippen molar-refractivity contribution in [3.8, 4) is 22.0 Å². The van der Waals surface area contributed by atoms with Crippen LogP contribution in [0.2, 0.25) is 0 Å².